The summed E-state index contributed by atoms with van der Waals surface area (Å²) in [5, 5.41) is 8.54. The fourth-order valence-electron chi connectivity index (χ4n) is 2.21. The molecule has 0 radical (unpaired) electrons. The molecule has 1 aliphatic rings. The number of carboxylic acids is 1. The van der Waals surface area contributed by atoms with Crippen molar-refractivity contribution in [2.24, 2.45) is 0 Å². The number of nitrogens with zero attached hydrogens (tertiary/aromatic N) is 1. The van der Waals surface area contributed by atoms with Gasteiger partial charge in [0, 0.05) is 32.7 Å². The minimum Gasteiger partial charge on any atom is -0.481 e. The van der Waals surface area contributed by atoms with E-state index < -0.39 is 5.97 Å². The van der Waals surface area contributed by atoms with E-state index in [1.54, 1.807) is 0 Å². The van der Waals surface area contributed by atoms with Crippen LogP contribution in [-0.4, -0.2) is 60.9 Å². The Kier molecular flexibility index (Phi) is 8.22. The van der Waals surface area contributed by atoms with Crippen molar-refractivity contribution in [2.75, 3.05) is 32.9 Å². The highest BCUT2D eigenvalue weighted by molar-refractivity contribution is 5.76. The Bertz CT molecular complexity index is 300. The third-order valence-corrected chi connectivity index (χ3v) is 3.35. The summed E-state index contributed by atoms with van der Waals surface area (Å²) in [5.41, 5.74) is 0. The second kappa shape index (κ2) is 9.72. The van der Waals surface area contributed by atoms with Gasteiger partial charge in [0.25, 0.3) is 0 Å². The quantitative estimate of drug-likeness (QED) is 0.647. The number of carbonyl (C=O) groups is 2. The fourth-order valence-corrected chi connectivity index (χ4v) is 2.21. The molecule has 1 fully saturated rings. The molecule has 1 amide bonds. The van der Waals surface area contributed by atoms with Crippen molar-refractivity contribution in [2.45, 2.75) is 45.1 Å². The van der Waals surface area contributed by atoms with Gasteiger partial charge in [0.1, 0.15) is 0 Å². The number of hydrogen-bond donors (Lipinski definition) is 1. The van der Waals surface area contributed by atoms with Crippen molar-refractivity contribution in [3.8, 4) is 0 Å². The molecule has 6 heteroatoms. The standard InChI is InChI=1S/C14H25NO5/c1-2-19-10-3-4-13(16)15-8-5-12(6-9-15)20-11-7-14(17)18/h12H,2-11H2,1H3,(H,17,18). The Morgan fingerprint density at radius 3 is 2.50 bits per heavy atom. The van der Waals surface area contributed by atoms with Crippen molar-refractivity contribution < 1.29 is 24.2 Å². The van der Waals surface area contributed by atoms with Crippen LogP contribution in [-0.2, 0) is 19.1 Å². The molecule has 6 nitrogen and oxygen atoms in total. The van der Waals surface area contributed by atoms with Crippen molar-refractivity contribution >= 4 is 11.9 Å². The third-order valence-electron chi connectivity index (χ3n) is 3.35. The second-order valence-corrected chi connectivity index (χ2v) is 4.90. The minimum atomic E-state index is -0.841. The average Bonchev–Trinajstić information content (AvgIpc) is 2.44. The Labute approximate surface area is 120 Å². The van der Waals surface area contributed by atoms with Crippen LogP contribution in [0.2, 0.25) is 0 Å². The fraction of sp³-hybridized carbons (Fsp3) is 0.857. The highest BCUT2D eigenvalue weighted by Crippen LogP contribution is 2.15. The Morgan fingerprint density at radius 2 is 1.90 bits per heavy atom. The first-order valence-electron chi connectivity index (χ1n) is 7.32. The van der Waals surface area contributed by atoms with Gasteiger partial charge in [-0.15, -0.1) is 0 Å². The zero-order valence-electron chi connectivity index (χ0n) is 12.2. The third kappa shape index (κ3) is 6.86. The zero-order valence-corrected chi connectivity index (χ0v) is 12.2. The topological polar surface area (TPSA) is 76.1 Å². The van der Waals surface area contributed by atoms with Crippen LogP contribution in [0.25, 0.3) is 0 Å². The van der Waals surface area contributed by atoms with Gasteiger partial charge < -0.3 is 19.5 Å². The highest BCUT2D eigenvalue weighted by Gasteiger charge is 2.22. The molecule has 116 valence electrons. The summed E-state index contributed by atoms with van der Waals surface area (Å²) >= 11 is 0. The van der Waals surface area contributed by atoms with Crippen LogP contribution in [0.15, 0.2) is 0 Å². The molecule has 0 aromatic carbocycles. The van der Waals surface area contributed by atoms with E-state index in [0.717, 1.165) is 19.3 Å². The predicted octanol–water partition coefficient (Wildman–Crippen LogP) is 1.29. The van der Waals surface area contributed by atoms with Crippen LogP contribution in [0.4, 0.5) is 0 Å². The molecule has 0 bridgehead atoms. The molecule has 0 atom stereocenters. The van der Waals surface area contributed by atoms with Gasteiger partial charge in [0.05, 0.1) is 19.1 Å². The minimum absolute atomic E-state index is 0.0383. The molecule has 0 aromatic heterocycles. The van der Waals surface area contributed by atoms with Gasteiger partial charge in [-0.1, -0.05) is 0 Å². The van der Waals surface area contributed by atoms with E-state index >= 15 is 0 Å². The number of ether oxygens (including phenoxy) is 2. The number of carbonyl (C=O) groups excluding carboxylic acids is 1. The summed E-state index contributed by atoms with van der Waals surface area (Å²) in [6.45, 7) is 4.92. The number of carboxylic acid groups (broad SMARTS) is 1. The van der Waals surface area contributed by atoms with Crippen molar-refractivity contribution in [1.82, 2.24) is 4.90 Å². The van der Waals surface area contributed by atoms with Gasteiger partial charge in [-0.25, -0.2) is 0 Å². The van der Waals surface area contributed by atoms with Gasteiger partial charge in [-0.3, -0.25) is 9.59 Å². The smallest absolute Gasteiger partial charge is 0.305 e. The van der Waals surface area contributed by atoms with Gasteiger partial charge in [-0.2, -0.15) is 0 Å². The first-order chi connectivity index (χ1) is 9.63. The molecule has 0 aliphatic carbocycles. The molecule has 1 heterocycles. The van der Waals surface area contributed by atoms with Crippen LogP contribution in [0.5, 0.6) is 0 Å². The highest BCUT2D eigenvalue weighted by atomic mass is 16.5. The SMILES string of the molecule is CCOCCCC(=O)N1CCC(OCCC(=O)O)CC1. The Hall–Kier alpha value is -1.14. The van der Waals surface area contributed by atoms with Gasteiger partial charge >= 0.3 is 5.97 Å². The molecule has 0 saturated carbocycles. The molecule has 1 aliphatic heterocycles. The molecule has 0 spiro atoms. The number of hydrogen-bond acceptors (Lipinski definition) is 4. The van der Waals surface area contributed by atoms with Gasteiger partial charge in [0.15, 0.2) is 0 Å². The van der Waals surface area contributed by atoms with E-state index in [2.05, 4.69) is 0 Å². The first-order valence-corrected chi connectivity index (χ1v) is 7.32. The van der Waals surface area contributed by atoms with Crippen molar-refractivity contribution in [3.63, 3.8) is 0 Å². The van der Waals surface area contributed by atoms with Gasteiger partial charge in [0.2, 0.25) is 5.91 Å². The van der Waals surface area contributed by atoms with E-state index in [0.29, 0.717) is 32.7 Å². The number of piperidine rings is 1. The molecule has 20 heavy (non-hydrogen) atoms. The number of amides is 1. The number of likely N-dealkylation sites (tertiary alicyclic amines) is 1. The van der Waals surface area contributed by atoms with Crippen molar-refractivity contribution in [3.05, 3.63) is 0 Å². The molecule has 0 aromatic rings. The molecular weight excluding hydrogens is 262 g/mol. The molecule has 1 saturated heterocycles. The number of aliphatic carboxylic acids is 1. The van der Waals surface area contributed by atoms with Gasteiger partial charge in [-0.05, 0) is 26.2 Å². The number of rotatable bonds is 9. The van der Waals surface area contributed by atoms with Crippen LogP contribution in [0.1, 0.15) is 39.0 Å². The Morgan fingerprint density at radius 1 is 1.20 bits per heavy atom. The summed E-state index contributed by atoms with van der Waals surface area (Å²) in [4.78, 5) is 24.2. The average molecular weight is 287 g/mol. The molecule has 1 rings (SSSR count). The molecule has 0 unspecified atom stereocenters. The summed E-state index contributed by atoms with van der Waals surface area (Å²) < 4.78 is 10.7. The predicted molar refractivity (Wildman–Crippen MR) is 73.5 cm³/mol. The molecule has 1 N–H and O–H groups in total. The van der Waals surface area contributed by atoms with Crippen LogP contribution < -0.4 is 0 Å². The normalized spacial score (nSPS) is 16.4. The zero-order chi connectivity index (χ0) is 14.8. The van der Waals surface area contributed by atoms with E-state index in [9.17, 15) is 9.59 Å². The van der Waals surface area contributed by atoms with E-state index in [4.69, 9.17) is 14.6 Å². The largest absolute Gasteiger partial charge is 0.481 e. The lowest BCUT2D eigenvalue weighted by Gasteiger charge is -2.32. The molecular formula is C14H25NO5. The maximum atomic E-state index is 11.9. The summed E-state index contributed by atoms with van der Waals surface area (Å²) in [5.74, 6) is -0.666. The monoisotopic (exact) mass is 287 g/mol. The Balaban J connectivity index is 2.11. The maximum absolute atomic E-state index is 11.9. The first kappa shape index (κ1) is 16.9. The lowest BCUT2D eigenvalue weighted by atomic mass is 10.1. The van der Waals surface area contributed by atoms with Crippen LogP contribution >= 0.6 is 0 Å². The van der Waals surface area contributed by atoms with E-state index in [1.807, 2.05) is 11.8 Å². The lowest BCUT2D eigenvalue weighted by molar-refractivity contribution is -0.139. The van der Waals surface area contributed by atoms with E-state index in [-0.39, 0.29) is 25.0 Å². The van der Waals surface area contributed by atoms with Crippen molar-refractivity contribution in [1.29, 1.82) is 0 Å². The lowest BCUT2D eigenvalue weighted by Crippen LogP contribution is -2.41. The summed E-state index contributed by atoms with van der Waals surface area (Å²) in [6, 6.07) is 0. The van der Waals surface area contributed by atoms with E-state index in [1.165, 1.54) is 0 Å². The summed E-state index contributed by atoms with van der Waals surface area (Å²) in [7, 11) is 0. The maximum Gasteiger partial charge on any atom is 0.305 e. The second-order valence-electron chi connectivity index (χ2n) is 4.90. The van der Waals surface area contributed by atoms with Crippen LogP contribution in [0.3, 0.4) is 0 Å². The summed E-state index contributed by atoms with van der Waals surface area (Å²) in [6.07, 6.45) is 3.00. The van der Waals surface area contributed by atoms with Crippen LogP contribution in [0, 0.1) is 0 Å².